The number of hydrogen-bond donors (Lipinski definition) is 1. The molecule has 1 amide bonds. The monoisotopic (exact) mass is 438 g/mol. The highest BCUT2D eigenvalue weighted by molar-refractivity contribution is 6.39. The van der Waals surface area contributed by atoms with E-state index >= 15 is 0 Å². The average Bonchev–Trinajstić information content (AvgIpc) is 3.10. The van der Waals surface area contributed by atoms with Gasteiger partial charge in [-0.05, 0) is 31.2 Å². The summed E-state index contributed by atoms with van der Waals surface area (Å²) in [5.74, 6) is 0.794. The summed E-state index contributed by atoms with van der Waals surface area (Å²) < 4.78 is 12.0. The molecule has 0 saturated heterocycles. The maximum Gasteiger partial charge on any atom is 0.258 e. The molecule has 0 spiro atoms. The topological polar surface area (TPSA) is 104 Å². The summed E-state index contributed by atoms with van der Waals surface area (Å²) in [4.78, 5) is 25.5. The Morgan fingerprint density at radius 2 is 1.90 bits per heavy atom. The molecule has 0 unspecified atom stereocenters. The number of anilines is 1. The molecule has 3 heterocycles. The average molecular weight is 439 g/mol. The molecule has 1 aromatic carbocycles. The predicted octanol–water partition coefficient (Wildman–Crippen LogP) is 3.50. The van der Waals surface area contributed by atoms with Crippen LogP contribution < -0.4 is 14.8 Å². The number of amides is 1. The lowest BCUT2D eigenvalue weighted by atomic mass is 10.2. The summed E-state index contributed by atoms with van der Waals surface area (Å²) in [6.45, 7) is 2.17. The molecule has 0 atom stereocenters. The van der Waals surface area contributed by atoms with Crippen molar-refractivity contribution in [3.63, 3.8) is 0 Å². The second-order valence-electron chi connectivity index (χ2n) is 6.66. The van der Waals surface area contributed by atoms with Gasteiger partial charge in [-0.25, -0.2) is 19.6 Å². The molecule has 4 rings (SSSR count). The highest BCUT2D eigenvalue weighted by Gasteiger charge is 2.20. The first-order valence-corrected chi connectivity index (χ1v) is 9.70. The smallest absolute Gasteiger partial charge is 0.258 e. The minimum Gasteiger partial charge on any atom is -0.497 e. The lowest BCUT2D eigenvalue weighted by Crippen LogP contribution is -2.13. The Morgan fingerprint density at radius 1 is 1.13 bits per heavy atom. The molecule has 3 aromatic heterocycles. The van der Waals surface area contributed by atoms with Crippen LogP contribution in [-0.4, -0.2) is 44.9 Å². The van der Waals surface area contributed by atoms with Crippen LogP contribution in [-0.2, 0) is 6.54 Å². The fraction of sp³-hybridized carbons (Fsp3) is 0.190. The van der Waals surface area contributed by atoms with Gasteiger partial charge >= 0.3 is 0 Å². The summed E-state index contributed by atoms with van der Waals surface area (Å²) in [6.07, 6.45) is 2.87. The van der Waals surface area contributed by atoms with Gasteiger partial charge in [-0.2, -0.15) is 5.10 Å². The zero-order valence-corrected chi connectivity index (χ0v) is 17.8. The normalized spacial score (nSPS) is 10.8. The number of aromatic nitrogens is 5. The van der Waals surface area contributed by atoms with Gasteiger partial charge < -0.3 is 14.8 Å². The molecule has 0 radical (unpaired) electrons. The Morgan fingerprint density at radius 3 is 2.61 bits per heavy atom. The molecule has 0 aliphatic heterocycles. The quantitative estimate of drug-likeness (QED) is 0.491. The van der Waals surface area contributed by atoms with Crippen molar-refractivity contribution in [1.82, 2.24) is 24.7 Å². The van der Waals surface area contributed by atoms with Gasteiger partial charge in [0.05, 0.1) is 48.1 Å². The second-order valence-corrected chi connectivity index (χ2v) is 7.04. The molecule has 1 N–H and O–H groups in total. The van der Waals surface area contributed by atoms with Crippen molar-refractivity contribution in [2.75, 3.05) is 19.5 Å². The highest BCUT2D eigenvalue weighted by atomic mass is 35.5. The van der Waals surface area contributed by atoms with Gasteiger partial charge in [-0.15, -0.1) is 0 Å². The number of aryl methyl sites for hydroxylation is 1. The fourth-order valence-electron chi connectivity index (χ4n) is 3.14. The maximum atomic E-state index is 12.8. The van der Waals surface area contributed by atoms with Gasteiger partial charge in [0.2, 0.25) is 5.88 Å². The Labute approximate surface area is 183 Å². The zero-order chi connectivity index (χ0) is 22.0. The minimum atomic E-state index is -0.364. The van der Waals surface area contributed by atoms with Crippen LogP contribution in [0.1, 0.15) is 21.7 Å². The summed E-state index contributed by atoms with van der Waals surface area (Å²) in [6, 6.07) is 8.73. The van der Waals surface area contributed by atoms with Crippen molar-refractivity contribution in [3.05, 3.63) is 64.8 Å². The first-order valence-electron chi connectivity index (χ1n) is 9.32. The van der Waals surface area contributed by atoms with Crippen molar-refractivity contribution in [1.29, 1.82) is 0 Å². The van der Waals surface area contributed by atoms with Crippen LogP contribution in [0.25, 0.3) is 11.0 Å². The van der Waals surface area contributed by atoms with E-state index in [0.29, 0.717) is 51.3 Å². The van der Waals surface area contributed by atoms with E-state index in [-0.39, 0.29) is 11.5 Å². The third kappa shape index (κ3) is 4.13. The molecule has 158 valence electrons. The largest absolute Gasteiger partial charge is 0.497 e. The Bertz CT molecular complexity index is 1260. The lowest BCUT2D eigenvalue weighted by molar-refractivity contribution is 0.102. The van der Waals surface area contributed by atoms with Crippen LogP contribution in [0.3, 0.4) is 0 Å². The number of carbonyl (C=O) groups excluding carboxylic acids is 1. The van der Waals surface area contributed by atoms with Crippen LogP contribution in [0.4, 0.5) is 5.69 Å². The van der Waals surface area contributed by atoms with Crippen molar-refractivity contribution in [2.45, 2.75) is 13.5 Å². The number of methoxy groups -OCH3 is 2. The van der Waals surface area contributed by atoms with E-state index in [1.165, 1.54) is 12.5 Å². The van der Waals surface area contributed by atoms with Crippen molar-refractivity contribution < 1.29 is 14.3 Å². The molecular formula is C21H19ClN6O3. The zero-order valence-electron chi connectivity index (χ0n) is 17.1. The molecule has 0 aliphatic carbocycles. The second kappa shape index (κ2) is 8.57. The standard InChI is InChI=1S/C21H19ClN6O3/c1-12-18-19(22)16(21(29)26-13-4-6-15(30-2)7-5-13)9-23-20(18)28(27-12)10-14-8-17(31-3)25-11-24-14/h4-9,11H,10H2,1-3H3,(H,26,29). The lowest BCUT2D eigenvalue weighted by Gasteiger charge is -2.09. The number of benzene rings is 1. The number of nitrogens with one attached hydrogen (secondary N) is 1. The van der Waals surface area contributed by atoms with Gasteiger partial charge in [-0.1, -0.05) is 11.6 Å². The third-order valence-corrected chi connectivity index (χ3v) is 5.08. The summed E-state index contributed by atoms with van der Waals surface area (Å²) in [7, 11) is 3.12. The van der Waals surface area contributed by atoms with Gasteiger partial charge in [0.1, 0.15) is 12.1 Å². The van der Waals surface area contributed by atoms with Crippen molar-refractivity contribution >= 4 is 34.2 Å². The first-order chi connectivity index (χ1) is 15.0. The Kier molecular flexibility index (Phi) is 5.68. The molecule has 0 aliphatic rings. The van der Waals surface area contributed by atoms with Gasteiger partial charge in [-0.3, -0.25) is 4.79 Å². The molecule has 4 aromatic rings. The number of nitrogens with zero attached hydrogens (tertiary/aromatic N) is 5. The summed E-state index contributed by atoms with van der Waals surface area (Å²) in [5.41, 5.74) is 2.80. The van der Waals surface area contributed by atoms with Crippen LogP contribution in [0.2, 0.25) is 5.02 Å². The number of hydrogen-bond acceptors (Lipinski definition) is 7. The molecule has 31 heavy (non-hydrogen) atoms. The Balaban J connectivity index is 1.64. The van der Waals surface area contributed by atoms with Crippen molar-refractivity contribution in [2.24, 2.45) is 0 Å². The SMILES string of the molecule is COc1ccc(NC(=O)c2cnc3c(c(C)nn3Cc3cc(OC)ncn3)c2Cl)cc1. The van der Waals surface area contributed by atoms with E-state index in [2.05, 4.69) is 25.4 Å². The van der Waals surface area contributed by atoms with Gasteiger partial charge in [0, 0.05) is 18.0 Å². The van der Waals surface area contributed by atoms with E-state index in [0.717, 1.165) is 0 Å². The van der Waals surface area contributed by atoms with E-state index in [1.54, 1.807) is 49.2 Å². The number of halogens is 1. The number of ether oxygens (including phenoxy) is 2. The van der Waals surface area contributed by atoms with Crippen LogP contribution in [0.15, 0.2) is 42.9 Å². The van der Waals surface area contributed by atoms with Gasteiger partial charge in [0.25, 0.3) is 5.91 Å². The third-order valence-electron chi connectivity index (χ3n) is 4.68. The van der Waals surface area contributed by atoms with Crippen LogP contribution in [0, 0.1) is 6.92 Å². The van der Waals surface area contributed by atoms with Crippen LogP contribution >= 0.6 is 11.6 Å². The highest BCUT2D eigenvalue weighted by Crippen LogP contribution is 2.29. The number of fused-ring (bicyclic) bond motifs is 1. The van der Waals surface area contributed by atoms with E-state index in [9.17, 15) is 4.79 Å². The number of rotatable bonds is 6. The molecule has 0 saturated carbocycles. The maximum absolute atomic E-state index is 12.8. The minimum absolute atomic E-state index is 0.261. The molecule has 10 heteroatoms. The Hall–Kier alpha value is -3.72. The van der Waals surface area contributed by atoms with E-state index in [1.807, 2.05) is 6.92 Å². The van der Waals surface area contributed by atoms with E-state index in [4.69, 9.17) is 21.1 Å². The summed E-state index contributed by atoms with van der Waals surface area (Å²) >= 11 is 6.60. The first kappa shape index (κ1) is 20.5. The predicted molar refractivity (Wildman–Crippen MR) is 116 cm³/mol. The van der Waals surface area contributed by atoms with Crippen molar-refractivity contribution in [3.8, 4) is 11.6 Å². The molecule has 9 nitrogen and oxygen atoms in total. The molecule has 0 fully saturated rings. The summed E-state index contributed by atoms with van der Waals surface area (Å²) in [5, 5.41) is 8.25. The molecular weight excluding hydrogens is 420 g/mol. The van der Waals surface area contributed by atoms with Crippen LogP contribution in [0.5, 0.6) is 11.6 Å². The number of carbonyl (C=O) groups is 1. The van der Waals surface area contributed by atoms with Gasteiger partial charge in [0.15, 0.2) is 5.65 Å². The van der Waals surface area contributed by atoms with E-state index < -0.39 is 0 Å². The number of pyridine rings is 1. The molecule has 0 bridgehead atoms. The fourth-order valence-corrected chi connectivity index (χ4v) is 3.50.